The summed E-state index contributed by atoms with van der Waals surface area (Å²) >= 11 is 0. The highest BCUT2D eigenvalue weighted by Crippen LogP contribution is 2.35. The van der Waals surface area contributed by atoms with Crippen molar-refractivity contribution in [3.05, 3.63) is 354 Å². The number of nitrogens with zero attached hydrogens (tertiary/aromatic N) is 13. The fourth-order valence-corrected chi connectivity index (χ4v) is 20.5. The van der Waals surface area contributed by atoms with Gasteiger partial charge in [0.05, 0.1) is 24.0 Å². The van der Waals surface area contributed by atoms with Gasteiger partial charge in [-0.1, -0.05) is 256 Å². The minimum Gasteiger partial charge on any atom is -0.454 e. The molecule has 788 valence electrons. The zero-order chi connectivity index (χ0) is 105. The summed E-state index contributed by atoms with van der Waals surface area (Å²) in [5, 5.41) is 39.5. The number of hydrogen-bond donors (Lipinski definition) is 10. The summed E-state index contributed by atoms with van der Waals surface area (Å²) in [6.45, 7) is 26.6. The zero-order valence-corrected chi connectivity index (χ0v) is 87.8. The predicted octanol–water partition coefficient (Wildman–Crippen LogP) is 19.3. The van der Waals surface area contributed by atoms with Crippen molar-refractivity contribution in [3.8, 4) is 11.5 Å². The van der Waals surface area contributed by atoms with Crippen molar-refractivity contribution in [2.24, 2.45) is 18.9 Å². The molecule has 6 fully saturated rings. The van der Waals surface area contributed by atoms with Crippen molar-refractivity contribution in [2.45, 2.75) is 174 Å². The number of aryl methyl sites for hydroxylation is 3. The van der Waals surface area contributed by atoms with Crippen molar-refractivity contribution < 1.29 is 38.2 Å². The van der Waals surface area contributed by atoms with Gasteiger partial charge in [0.2, 0.25) is 18.6 Å². The number of rotatable bonds is 25. The number of piperidine rings is 6. The van der Waals surface area contributed by atoms with Crippen LogP contribution in [0.25, 0.3) is 10.8 Å². The monoisotopic (exact) mass is 2030 g/mol. The van der Waals surface area contributed by atoms with Crippen LogP contribution in [-0.2, 0) is 57.5 Å². The first-order chi connectivity index (χ1) is 73.1. The van der Waals surface area contributed by atoms with Gasteiger partial charge < -0.3 is 61.8 Å². The number of urea groups is 5. The first kappa shape index (κ1) is 109. The standard InChI is InChI=1S/C24H28N4O.C21H26N2O.C20H23N3O3.C19H23N3O.C18H25N5O.C17H24N6O/c1-18-16-28(17-19-7-4-3-5-8-19)14-12-23(18)27(2)24(29)26-22-10-6-9-20-15-25-13-11-21(20)22;1-17-6-5-9-19(14-17)15-21(24)22-20-10-12-23(13-11-20)16-18-7-3-2-4-8-18;24-20(22-17-6-7-18-19(12-17)26-14-25-18)21-16-8-10-23(11-9-16)13-15-4-2-1-3-5-15;23-19(20-17-9-5-2-6-10-17)21-18-11-13-22(14-12-18)15-16-7-3-1-4-8-16;1-14-12-23(13-15-6-4-3-5-7-15)9-8-17(14)22(2)18(24)21-16-10-19-20-11-16;1-13-18-16(21-22(13)2)20-17(24)19-15-8-10-23(11-9-15)12-14-6-4-3-5-7-14/h3-11,13,15,18,23H,12,14,16-17H2,1-2H3,(H,26,29);2-9,14,20H,10-13,15-16H2,1H3,(H,22,24);1-7,12,16H,8-11,13-14H2,(H2,21,22,24);1-10,18H,11-15H2,(H2,20,21,23);3-7,10-11,14,17H,8-9,12-13H2,1-2H3,(H,19,20)(H,21,24);3-7,15H,8-12H2,1-2H3,(H2,19,20,21,24). The van der Waals surface area contributed by atoms with Crippen LogP contribution < -0.4 is 57.3 Å². The van der Waals surface area contributed by atoms with E-state index in [-0.39, 0.29) is 73.1 Å². The Morgan fingerprint density at radius 2 is 0.773 bits per heavy atom. The largest absolute Gasteiger partial charge is 0.454 e. The second-order valence-corrected chi connectivity index (χ2v) is 40.3. The molecular formula is C119H149N23O8. The highest BCUT2D eigenvalue weighted by Gasteiger charge is 2.35. The number of ether oxygens (including phenoxy) is 2. The van der Waals surface area contributed by atoms with Gasteiger partial charge in [-0.2, -0.15) is 10.1 Å². The summed E-state index contributed by atoms with van der Waals surface area (Å²) in [4.78, 5) is 101. The Morgan fingerprint density at radius 1 is 0.380 bits per heavy atom. The van der Waals surface area contributed by atoms with Gasteiger partial charge in [-0.15, -0.1) is 5.10 Å². The van der Waals surface area contributed by atoms with Gasteiger partial charge in [0.25, 0.3) is 0 Å². The molecule has 13 aromatic rings. The second-order valence-electron chi connectivity index (χ2n) is 40.3. The number of carbonyl (C=O) groups excluding carboxylic acids is 6. The van der Waals surface area contributed by atoms with Gasteiger partial charge in [-0.25, -0.2) is 24.0 Å². The summed E-state index contributed by atoms with van der Waals surface area (Å²) in [6.07, 6.45) is 17.2. The number of carbonyl (C=O) groups is 6. The fourth-order valence-electron chi connectivity index (χ4n) is 20.5. The third-order valence-electron chi connectivity index (χ3n) is 28.7. The van der Waals surface area contributed by atoms with Crippen molar-refractivity contribution in [3.63, 3.8) is 0 Å². The smallest absolute Gasteiger partial charge is 0.321 e. The second kappa shape index (κ2) is 57.1. The Bertz CT molecular complexity index is 6250. The predicted molar refractivity (Wildman–Crippen MR) is 596 cm³/mol. The summed E-state index contributed by atoms with van der Waals surface area (Å²) in [6, 6.07) is 95.0. The van der Waals surface area contributed by atoms with E-state index in [0.29, 0.717) is 53.1 Å². The molecule has 31 heteroatoms. The van der Waals surface area contributed by atoms with Crippen molar-refractivity contribution in [1.82, 2.24) is 90.4 Å². The van der Waals surface area contributed by atoms with E-state index in [9.17, 15) is 28.8 Å². The lowest BCUT2D eigenvalue weighted by Gasteiger charge is -2.41. The Kier molecular flexibility index (Phi) is 41.6. The van der Waals surface area contributed by atoms with Crippen LogP contribution in [0.4, 0.5) is 52.7 Å². The maximum absolute atomic E-state index is 13.0. The van der Waals surface area contributed by atoms with E-state index in [0.717, 1.165) is 216 Å². The maximum Gasteiger partial charge on any atom is 0.321 e. The molecule has 150 heavy (non-hydrogen) atoms. The lowest BCUT2D eigenvalue weighted by molar-refractivity contribution is -0.121. The maximum atomic E-state index is 13.0. The van der Waals surface area contributed by atoms with Crippen molar-refractivity contribution in [1.29, 1.82) is 0 Å². The van der Waals surface area contributed by atoms with Crippen LogP contribution in [0, 0.1) is 25.7 Å². The number of aromatic amines is 1. The van der Waals surface area contributed by atoms with E-state index in [1.807, 2.05) is 134 Å². The third-order valence-corrected chi connectivity index (χ3v) is 28.7. The van der Waals surface area contributed by atoms with Gasteiger partial charge in [-0.3, -0.25) is 54.3 Å². The SMILES string of the molecule is CC1CN(Cc2ccccc2)CCC1N(C)C(=O)Nc1cccc2cnccc12.CC1CN(Cc2ccccc2)CCC1N(C)C(=O)Nc1cn[nH]c1.Cc1cccc(CC(=O)NC2CCN(Cc3ccccc3)CC2)c1.Cc1nc(NC(=O)NC2CCN(Cc3ccccc3)CC2)nn1C.O=C(Nc1ccc2c(c1)OCO2)NC1CCN(Cc2ccccc2)CC1.O=C(Nc1ccccc1)NC1CCN(Cc2ccccc2)CC1. The molecule has 10 heterocycles. The first-order valence-electron chi connectivity index (χ1n) is 53.0. The molecular weight excluding hydrogens is 1880 g/mol. The first-order valence-corrected chi connectivity index (χ1v) is 53.0. The number of hydrogen-bond acceptors (Lipinski definition) is 18. The molecule has 4 atom stereocenters. The van der Waals surface area contributed by atoms with Crippen LogP contribution in [0.5, 0.6) is 11.5 Å². The van der Waals surface area contributed by atoms with E-state index >= 15 is 0 Å². The van der Waals surface area contributed by atoms with E-state index in [1.54, 1.807) is 42.5 Å². The molecule has 0 bridgehead atoms. The van der Waals surface area contributed by atoms with E-state index in [2.05, 4.69) is 293 Å². The number of H-pyrrole nitrogens is 1. The summed E-state index contributed by atoms with van der Waals surface area (Å²) in [7, 11) is 5.59. The fraction of sp³-hybridized carbons (Fsp3) is 0.378. The van der Waals surface area contributed by atoms with Gasteiger partial charge in [0, 0.05) is 222 Å². The summed E-state index contributed by atoms with van der Waals surface area (Å²) < 4.78 is 12.2. The molecule has 6 saturated heterocycles. The Hall–Kier alpha value is -14.9. The Labute approximate surface area is 883 Å². The van der Waals surface area contributed by atoms with Crippen LogP contribution in [-0.4, -0.2) is 241 Å². The molecule has 10 N–H and O–H groups in total. The molecule has 0 spiro atoms. The highest BCUT2D eigenvalue weighted by atomic mass is 16.7. The Balaban J connectivity index is 0.000000135. The van der Waals surface area contributed by atoms with Crippen LogP contribution >= 0.6 is 0 Å². The number of likely N-dealkylation sites (tertiary alicyclic amines) is 6. The highest BCUT2D eigenvalue weighted by molar-refractivity contribution is 6.01. The average Bonchev–Trinajstić information content (AvgIpc) is 0.846. The van der Waals surface area contributed by atoms with Crippen molar-refractivity contribution in [2.75, 3.05) is 126 Å². The molecule has 11 amide bonds. The average molecular weight is 2030 g/mol. The minimum atomic E-state index is -0.234. The number of nitrogens with one attached hydrogen (secondary N) is 10. The van der Waals surface area contributed by atoms with Gasteiger partial charge in [0.15, 0.2) is 11.5 Å². The molecule has 7 aliphatic rings. The molecule has 20 rings (SSSR count). The lowest BCUT2D eigenvalue weighted by atomic mass is 9.92. The zero-order valence-electron chi connectivity index (χ0n) is 87.8. The van der Waals surface area contributed by atoms with E-state index < -0.39 is 0 Å². The number of pyridine rings is 1. The molecule has 7 aliphatic heterocycles. The number of amides is 11. The Morgan fingerprint density at radius 3 is 1.19 bits per heavy atom. The number of para-hydroxylation sites is 1. The molecule has 10 aromatic carbocycles. The normalized spacial score (nSPS) is 17.8. The van der Waals surface area contributed by atoms with Crippen LogP contribution in [0.1, 0.15) is 128 Å². The molecule has 0 aliphatic carbocycles. The van der Waals surface area contributed by atoms with Crippen LogP contribution in [0.2, 0.25) is 0 Å². The molecule has 0 saturated carbocycles. The number of anilines is 5. The lowest BCUT2D eigenvalue weighted by Crippen LogP contribution is -2.51. The molecule has 0 radical (unpaired) electrons. The van der Waals surface area contributed by atoms with E-state index in [1.165, 1.54) is 38.9 Å². The molecule has 31 nitrogen and oxygen atoms in total. The quantitative estimate of drug-likeness (QED) is 0.0254. The van der Waals surface area contributed by atoms with Gasteiger partial charge >= 0.3 is 30.2 Å². The van der Waals surface area contributed by atoms with Gasteiger partial charge in [-0.05, 0) is 165 Å². The minimum absolute atomic E-state index is 0.0531. The van der Waals surface area contributed by atoms with Crippen LogP contribution in [0.15, 0.2) is 304 Å². The topological polar surface area (TPSA) is 327 Å². The number of aromatic nitrogens is 6. The molecule has 4 unspecified atom stereocenters. The van der Waals surface area contributed by atoms with E-state index in [4.69, 9.17) is 9.47 Å². The van der Waals surface area contributed by atoms with Crippen LogP contribution in [0.3, 0.4) is 0 Å². The molecule has 3 aromatic heterocycles. The number of benzene rings is 10. The summed E-state index contributed by atoms with van der Waals surface area (Å²) in [5.74, 6) is 3.47. The summed E-state index contributed by atoms with van der Waals surface area (Å²) in [5.41, 5.74) is 13.4. The van der Waals surface area contributed by atoms with Gasteiger partial charge in [0.1, 0.15) is 5.82 Å². The van der Waals surface area contributed by atoms with Crippen molar-refractivity contribution >= 4 is 75.5 Å². The third kappa shape index (κ3) is 35.4. The number of fused-ring (bicyclic) bond motifs is 2.